The Morgan fingerprint density at radius 3 is 2.16 bits per heavy atom. The number of carbonyl (C=O) groups excluding carboxylic acids is 1. The molecular weight excluding hydrogens is 268 g/mol. The van der Waals surface area contributed by atoms with Crippen molar-refractivity contribution in [2.75, 3.05) is 0 Å². The third-order valence-corrected chi connectivity index (χ3v) is 4.13. The first-order chi connectivity index (χ1) is 8.77. The largest absolute Gasteiger partial charge is 0.289 e. The maximum absolute atomic E-state index is 12.1. The minimum Gasteiger partial charge on any atom is -0.289 e. The number of aryl methyl sites for hydroxylation is 1. The molecule has 1 aromatic rings. The summed E-state index contributed by atoms with van der Waals surface area (Å²) in [6.45, 7) is 5.20. The lowest BCUT2D eigenvalue weighted by molar-refractivity contribution is -0.131. The number of amides is 1. The van der Waals surface area contributed by atoms with Crippen molar-refractivity contribution in [3.05, 3.63) is 29.8 Å². The minimum atomic E-state index is -3.80. The molecule has 0 heterocycles. The van der Waals surface area contributed by atoms with Crippen LogP contribution in [0.25, 0.3) is 0 Å². The number of benzene rings is 1. The zero-order valence-corrected chi connectivity index (χ0v) is 11.9. The summed E-state index contributed by atoms with van der Waals surface area (Å²) in [6, 6.07) is 5.24. The SMILES string of the molecule is Cc1ccc(S(=O)(=O)N[C@H](C(=O)NO)C(C)C)cc1. The van der Waals surface area contributed by atoms with Crippen LogP contribution in [0.3, 0.4) is 0 Å². The molecule has 7 heteroatoms. The summed E-state index contributed by atoms with van der Waals surface area (Å²) in [5.41, 5.74) is 2.40. The number of carbonyl (C=O) groups is 1. The van der Waals surface area contributed by atoms with Gasteiger partial charge in [-0.3, -0.25) is 10.0 Å². The smallest absolute Gasteiger partial charge is 0.261 e. The Kier molecular flexibility index (Phi) is 5.04. The molecule has 0 aliphatic rings. The Balaban J connectivity index is 3.00. The molecule has 0 saturated carbocycles. The van der Waals surface area contributed by atoms with Crippen molar-refractivity contribution in [1.29, 1.82) is 0 Å². The van der Waals surface area contributed by atoms with Crippen LogP contribution < -0.4 is 10.2 Å². The maximum atomic E-state index is 12.1. The third kappa shape index (κ3) is 4.02. The highest BCUT2D eigenvalue weighted by Gasteiger charge is 2.27. The van der Waals surface area contributed by atoms with E-state index in [9.17, 15) is 13.2 Å². The predicted molar refractivity (Wildman–Crippen MR) is 70.1 cm³/mol. The summed E-state index contributed by atoms with van der Waals surface area (Å²) < 4.78 is 26.5. The summed E-state index contributed by atoms with van der Waals surface area (Å²) in [4.78, 5) is 11.5. The molecule has 3 N–H and O–H groups in total. The van der Waals surface area contributed by atoms with E-state index in [1.165, 1.54) is 17.6 Å². The highest BCUT2D eigenvalue weighted by atomic mass is 32.2. The topological polar surface area (TPSA) is 95.5 Å². The van der Waals surface area contributed by atoms with E-state index >= 15 is 0 Å². The first-order valence-electron chi connectivity index (χ1n) is 5.81. The van der Waals surface area contributed by atoms with Crippen molar-refractivity contribution in [1.82, 2.24) is 10.2 Å². The van der Waals surface area contributed by atoms with E-state index in [-0.39, 0.29) is 10.8 Å². The molecular formula is C12H18N2O4S. The second-order valence-corrected chi connectivity index (χ2v) is 6.35. The number of hydroxylamine groups is 1. The first kappa shape index (κ1) is 15.6. The molecule has 0 spiro atoms. The lowest BCUT2D eigenvalue weighted by Gasteiger charge is -2.20. The molecule has 1 aromatic carbocycles. The summed E-state index contributed by atoms with van der Waals surface area (Å²) in [7, 11) is -3.80. The van der Waals surface area contributed by atoms with E-state index in [4.69, 9.17) is 5.21 Å². The van der Waals surface area contributed by atoms with Crippen molar-refractivity contribution < 1.29 is 18.4 Å². The molecule has 0 radical (unpaired) electrons. The van der Waals surface area contributed by atoms with Gasteiger partial charge in [-0.2, -0.15) is 4.72 Å². The van der Waals surface area contributed by atoms with Gasteiger partial charge in [0.15, 0.2) is 0 Å². The number of hydrogen-bond donors (Lipinski definition) is 3. The van der Waals surface area contributed by atoms with Crippen LogP contribution in [0, 0.1) is 12.8 Å². The Hall–Kier alpha value is -1.44. The summed E-state index contributed by atoms with van der Waals surface area (Å²) >= 11 is 0. The molecule has 106 valence electrons. The fraction of sp³-hybridized carbons (Fsp3) is 0.417. The molecule has 0 fully saturated rings. The highest BCUT2D eigenvalue weighted by molar-refractivity contribution is 7.89. The standard InChI is InChI=1S/C12H18N2O4S/c1-8(2)11(12(15)13-16)14-19(17,18)10-6-4-9(3)5-7-10/h4-8,11,14,16H,1-3H3,(H,13,15)/t11-/m0/s1. The average molecular weight is 286 g/mol. The van der Waals surface area contributed by atoms with Gasteiger partial charge in [-0.1, -0.05) is 31.5 Å². The van der Waals surface area contributed by atoms with Crippen LogP contribution in [0.1, 0.15) is 19.4 Å². The minimum absolute atomic E-state index is 0.0782. The van der Waals surface area contributed by atoms with Crippen molar-refractivity contribution in [2.45, 2.75) is 31.7 Å². The van der Waals surface area contributed by atoms with Crippen molar-refractivity contribution in [3.63, 3.8) is 0 Å². The van der Waals surface area contributed by atoms with Gasteiger partial charge in [0, 0.05) is 0 Å². The van der Waals surface area contributed by atoms with Crippen LogP contribution >= 0.6 is 0 Å². The molecule has 0 aliphatic heterocycles. The summed E-state index contributed by atoms with van der Waals surface area (Å²) in [6.07, 6.45) is 0. The van der Waals surface area contributed by atoms with Crippen LogP contribution in [-0.4, -0.2) is 25.6 Å². The number of hydrogen-bond acceptors (Lipinski definition) is 4. The van der Waals surface area contributed by atoms with Crippen LogP contribution in [0.4, 0.5) is 0 Å². The Labute approximate surface area is 112 Å². The molecule has 0 aromatic heterocycles. The first-order valence-corrected chi connectivity index (χ1v) is 7.29. The molecule has 0 aliphatic carbocycles. The fourth-order valence-electron chi connectivity index (χ4n) is 1.51. The zero-order chi connectivity index (χ0) is 14.6. The van der Waals surface area contributed by atoms with E-state index in [1.54, 1.807) is 26.0 Å². The monoisotopic (exact) mass is 286 g/mol. The molecule has 19 heavy (non-hydrogen) atoms. The Morgan fingerprint density at radius 1 is 1.21 bits per heavy atom. The summed E-state index contributed by atoms with van der Waals surface area (Å²) in [5, 5.41) is 8.62. The van der Waals surface area contributed by atoms with E-state index in [0.29, 0.717) is 0 Å². The van der Waals surface area contributed by atoms with Gasteiger partial charge in [-0.25, -0.2) is 13.9 Å². The third-order valence-electron chi connectivity index (χ3n) is 2.67. The second kappa shape index (κ2) is 6.14. The number of rotatable bonds is 5. The number of nitrogens with one attached hydrogen (secondary N) is 2. The number of sulfonamides is 1. The molecule has 0 unspecified atom stereocenters. The lowest BCUT2D eigenvalue weighted by Crippen LogP contribution is -2.48. The van der Waals surface area contributed by atoms with E-state index in [2.05, 4.69) is 4.72 Å². The average Bonchev–Trinajstić information content (AvgIpc) is 2.35. The van der Waals surface area contributed by atoms with E-state index < -0.39 is 22.0 Å². The van der Waals surface area contributed by atoms with Gasteiger partial charge < -0.3 is 0 Å². The molecule has 1 atom stereocenters. The van der Waals surface area contributed by atoms with Gasteiger partial charge in [-0.15, -0.1) is 0 Å². The van der Waals surface area contributed by atoms with Crippen molar-refractivity contribution in [3.8, 4) is 0 Å². The normalized spacial score (nSPS) is 13.3. The highest BCUT2D eigenvalue weighted by Crippen LogP contribution is 2.12. The van der Waals surface area contributed by atoms with Crippen LogP contribution in [0.2, 0.25) is 0 Å². The van der Waals surface area contributed by atoms with Crippen LogP contribution in [0.15, 0.2) is 29.2 Å². The van der Waals surface area contributed by atoms with Crippen LogP contribution in [-0.2, 0) is 14.8 Å². The maximum Gasteiger partial charge on any atom is 0.261 e. The van der Waals surface area contributed by atoms with Gasteiger partial charge in [0.2, 0.25) is 10.0 Å². The van der Waals surface area contributed by atoms with Gasteiger partial charge in [0.05, 0.1) is 4.90 Å². The van der Waals surface area contributed by atoms with Crippen LogP contribution in [0.5, 0.6) is 0 Å². The van der Waals surface area contributed by atoms with E-state index in [1.807, 2.05) is 6.92 Å². The fourth-order valence-corrected chi connectivity index (χ4v) is 2.86. The zero-order valence-electron chi connectivity index (χ0n) is 11.0. The molecule has 1 amide bonds. The van der Waals surface area contributed by atoms with Crippen molar-refractivity contribution in [2.24, 2.45) is 5.92 Å². The van der Waals surface area contributed by atoms with Crippen molar-refractivity contribution >= 4 is 15.9 Å². The quantitative estimate of drug-likeness (QED) is 0.551. The van der Waals surface area contributed by atoms with Gasteiger partial charge in [-0.05, 0) is 25.0 Å². The molecule has 0 bridgehead atoms. The summed E-state index contributed by atoms with van der Waals surface area (Å²) in [5.74, 6) is -1.09. The molecule has 1 rings (SSSR count). The second-order valence-electron chi connectivity index (χ2n) is 4.63. The lowest BCUT2D eigenvalue weighted by atomic mass is 10.1. The molecule has 6 nitrogen and oxygen atoms in total. The Morgan fingerprint density at radius 2 is 1.74 bits per heavy atom. The van der Waals surface area contributed by atoms with Gasteiger partial charge in [0.1, 0.15) is 6.04 Å². The molecule has 0 saturated heterocycles. The van der Waals surface area contributed by atoms with Gasteiger partial charge >= 0.3 is 0 Å². The predicted octanol–water partition coefficient (Wildman–Crippen LogP) is 0.803. The Bertz CT molecular complexity index is 537. The van der Waals surface area contributed by atoms with E-state index in [0.717, 1.165) is 5.56 Å². The van der Waals surface area contributed by atoms with Gasteiger partial charge in [0.25, 0.3) is 5.91 Å².